The summed E-state index contributed by atoms with van der Waals surface area (Å²) in [5.74, 6) is 0.561. The van der Waals surface area contributed by atoms with Crippen LogP contribution in [0.1, 0.15) is 24.3 Å². The van der Waals surface area contributed by atoms with Gasteiger partial charge in [0.15, 0.2) is 0 Å². The van der Waals surface area contributed by atoms with Gasteiger partial charge in [0.25, 0.3) is 0 Å². The van der Waals surface area contributed by atoms with Crippen molar-refractivity contribution < 1.29 is 4.74 Å². The van der Waals surface area contributed by atoms with Crippen LogP contribution in [0, 0.1) is 3.57 Å². The molecule has 1 heterocycles. The highest BCUT2D eigenvalue weighted by atomic mass is 127. The van der Waals surface area contributed by atoms with E-state index in [1.54, 1.807) is 12.4 Å². The summed E-state index contributed by atoms with van der Waals surface area (Å²) in [5, 5.41) is 0.781. The summed E-state index contributed by atoms with van der Waals surface area (Å²) < 4.78 is 6.74. The Morgan fingerprint density at radius 3 is 2.37 bits per heavy atom. The predicted molar refractivity (Wildman–Crippen MR) is 82.6 cm³/mol. The lowest BCUT2D eigenvalue weighted by Gasteiger charge is -2.34. The molecule has 0 saturated heterocycles. The molecule has 1 fully saturated rings. The fourth-order valence-corrected chi connectivity index (χ4v) is 2.58. The van der Waals surface area contributed by atoms with Gasteiger partial charge in [-0.25, -0.2) is 9.97 Å². The van der Waals surface area contributed by atoms with Crippen LogP contribution in [0.2, 0.25) is 5.02 Å². The van der Waals surface area contributed by atoms with Crippen LogP contribution in [0.5, 0.6) is 6.01 Å². The molecule has 0 radical (unpaired) electrons. The number of halogens is 2. The number of benzene rings is 1. The first kappa shape index (κ1) is 13.1. The first-order valence-corrected chi connectivity index (χ1v) is 7.56. The van der Waals surface area contributed by atoms with Gasteiger partial charge in [0.1, 0.15) is 6.10 Å². The quantitative estimate of drug-likeness (QED) is 0.746. The fraction of sp³-hybridized carbons (Fsp3) is 0.286. The summed E-state index contributed by atoms with van der Waals surface area (Å²) in [6.07, 6.45) is 5.77. The molecule has 0 aliphatic heterocycles. The highest BCUT2D eigenvalue weighted by Crippen LogP contribution is 2.38. The minimum Gasteiger partial charge on any atom is -0.460 e. The molecule has 2 aromatic rings. The summed E-state index contributed by atoms with van der Waals surface area (Å²) in [5.41, 5.74) is 1.33. The van der Waals surface area contributed by atoms with Crippen LogP contribution in [-0.2, 0) is 0 Å². The van der Waals surface area contributed by atoms with E-state index in [0.717, 1.165) is 21.4 Å². The van der Waals surface area contributed by atoms with E-state index in [0.29, 0.717) is 11.9 Å². The Labute approximate surface area is 130 Å². The van der Waals surface area contributed by atoms with Gasteiger partial charge in [-0.15, -0.1) is 0 Å². The summed E-state index contributed by atoms with van der Waals surface area (Å²) >= 11 is 8.06. The second kappa shape index (κ2) is 5.63. The Bertz CT molecular complexity index is 553. The average Bonchev–Trinajstić information content (AvgIpc) is 2.37. The Balaban J connectivity index is 1.55. The molecule has 0 atom stereocenters. The predicted octanol–water partition coefficient (Wildman–Crippen LogP) is 4.06. The molecule has 0 unspecified atom stereocenters. The van der Waals surface area contributed by atoms with Crippen LogP contribution >= 0.6 is 34.2 Å². The Morgan fingerprint density at radius 1 is 1.11 bits per heavy atom. The molecule has 1 aliphatic rings. The van der Waals surface area contributed by atoms with Crippen molar-refractivity contribution in [2.75, 3.05) is 0 Å². The van der Waals surface area contributed by atoms with Crippen molar-refractivity contribution in [2.24, 2.45) is 0 Å². The second-order valence-electron chi connectivity index (χ2n) is 4.64. The maximum atomic E-state index is 5.88. The summed E-state index contributed by atoms with van der Waals surface area (Å²) in [7, 11) is 0. The third kappa shape index (κ3) is 3.17. The molecule has 1 saturated carbocycles. The normalized spacial score (nSPS) is 21.8. The number of hydrogen-bond donors (Lipinski definition) is 0. The van der Waals surface area contributed by atoms with Gasteiger partial charge in [0, 0.05) is 21.0 Å². The van der Waals surface area contributed by atoms with E-state index in [4.69, 9.17) is 16.3 Å². The third-order valence-corrected chi connectivity index (χ3v) is 4.11. The molecule has 98 valence electrons. The molecule has 3 rings (SSSR count). The van der Waals surface area contributed by atoms with Crippen LogP contribution in [0.15, 0.2) is 36.7 Å². The van der Waals surface area contributed by atoms with Gasteiger partial charge in [-0.2, -0.15) is 0 Å². The number of rotatable bonds is 3. The fourth-order valence-electron chi connectivity index (χ4n) is 2.18. The monoisotopic (exact) mass is 386 g/mol. The van der Waals surface area contributed by atoms with Crippen molar-refractivity contribution in [1.29, 1.82) is 0 Å². The van der Waals surface area contributed by atoms with Crippen molar-refractivity contribution >= 4 is 34.2 Å². The van der Waals surface area contributed by atoms with E-state index in [1.165, 1.54) is 5.56 Å². The third-order valence-electron chi connectivity index (χ3n) is 3.30. The number of aromatic nitrogens is 2. The zero-order valence-electron chi connectivity index (χ0n) is 10.1. The van der Waals surface area contributed by atoms with Crippen molar-refractivity contribution in [3.05, 3.63) is 50.8 Å². The molecule has 1 aromatic heterocycles. The van der Waals surface area contributed by atoms with E-state index in [2.05, 4.69) is 44.7 Å². The maximum Gasteiger partial charge on any atom is 0.316 e. The highest BCUT2D eigenvalue weighted by Gasteiger charge is 2.32. The largest absolute Gasteiger partial charge is 0.460 e. The van der Waals surface area contributed by atoms with Crippen LogP contribution in [0.4, 0.5) is 0 Å². The second-order valence-corrected chi connectivity index (χ2v) is 6.33. The molecular formula is C14H12ClIN2O. The van der Waals surface area contributed by atoms with Crippen LogP contribution in [-0.4, -0.2) is 16.1 Å². The highest BCUT2D eigenvalue weighted by molar-refractivity contribution is 14.1. The van der Waals surface area contributed by atoms with Crippen LogP contribution < -0.4 is 4.74 Å². The zero-order valence-corrected chi connectivity index (χ0v) is 13.0. The molecule has 1 aromatic carbocycles. The molecule has 1 aliphatic carbocycles. The Hall–Kier alpha value is -0.880. The van der Waals surface area contributed by atoms with E-state index in [-0.39, 0.29) is 6.10 Å². The lowest BCUT2D eigenvalue weighted by atomic mass is 9.77. The van der Waals surface area contributed by atoms with Gasteiger partial charge in [0.05, 0.1) is 0 Å². The molecule has 5 heteroatoms. The molecule has 0 amide bonds. The SMILES string of the molecule is Clc1ccc([C@H]2C[C@@H](Oc3ncc(I)cn3)C2)cc1. The molecule has 0 N–H and O–H groups in total. The Kier molecular flexibility index (Phi) is 3.88. The maximum absolute atomic E-state index is 5.88. The lowest BCUT2D eigenvalue weighted by molar-refractivity contribution is 0.0881. The number of hydrogen-bond acceptors (Lipinski definition) is 3. The number of ether oxygens (including phenoxy) is 1. The van der Waals surface area contributed by atoms with Crippen molar-refractivity contribution in [2.45, 2.75) is 24.9 Å². The van der Waals surface area contributed by atoms with Gasteiger partial charge < -0.3 is 4.74 Å². The molecule has 0 bridgehead atoms. The zero-order chi connectivity index (χ0) is 13.2. The molecule has 19 heavy (non-hydrogen) atoms. The molecule has 3 nitrogen and oxygen atoms in total. The van der Waals surface area contributed by atoms with Crippen LogP contribution in [0.25, 0.3) is 0 Å². The molecule has 0 spiro atoms. The van der Waals surface area contributed by atoms with E-state index in [1.807, 2.05) is 12.1 Å². The lowest BCUT2D eigenvalue weighted by Crippen LogP contribution is -2.32. The van der Waals surface area contributed by atoms with E-state index >= 15 is 0 Å². The van der Waals surface area contributed by atoms with Gasteiger partial charge in [-0.05, 0) is 59.0 Å². The van der Waals surface area contributed by atoms with Gasteiger partial charge >= 0.3 is 6.01 Å². The molecular weight excluding hydrogens is 375 g/mol. The van der Waals surface area contributed by atoms with Crippen molar-refractivity contribution in [3.63, 3.8) is 0 Å². The summed E-state index contributed by atoms with van der Waals surface area (Å²) in [6, 6.07) is 8.52. The van der Waals surface area contributed by atoms with Crippen LogP contribution in [0.3, 0.4) is 0 Å². The minimum atomic E-state index is 0.223. The average molecular weight is 387 g/mol. The van der Waals surface area contributed by atoms with E-state index in [9.17, 15) is 0 Å². The summed E-state index contributed by atoms with van der Waals surface area (Å²) in [4.78, 5) is 8.30. The Morgan fingerprint density at radius 2 is 1.74 bits per heavy atom. The first-order valence-electron chi connectivity index (χ1n) is 6.10. The standard InChI is InChI=1S/C14H12ClIN2O/c15-11-3-1-9(2-4-11)10-5-13(6-10)19-14-17-7-12(16)8-18-14/h1-4,7-8,10,13H,5-6H2/t10-,13+. The first-order chi connectivity index (χ1) is 9.20. The van der Waals surface area contributed by atoms with Gasteiger partial charge in [-0.1, -0.05) is 23.7 Å². The smallest absolute Gasteiger partial charge is 0.316 e. The van der Waals surface area contributed by atoms with Crippen molar-refractivity contribution in [3.8, 4) is 6.01 Å². The topological polar surface area (TPSA) is 35.0 Å². The van der Waals surface area contributed by atoms with Gasteiger partial charge in [0.2, 0.25) is 0 Å². The van der Waals surface area contributed by atoms with Gasteiger partial charge in [-0.3, -0.25) is 0 Å². The van der Waals surface area contributed by atoms with E-state index < -0.39 is 0 Å². The van der Waals surface area contributed by atoms with Crippen molar-refractivity contribution in [1.82, 2.24) is 9.97 Å². The number of nitrogens with zero attached hydrogens (tertiary/aromatic N) is 2. The summed E-state index contributed by atoms with van der Waals surface area (Å²) in [6.45, 7) is 0. The minimum absolute atomic E-state index is 0.223.